The van der Waals surface area contributed by atoms with Crippen molar-refractivity contribution in [1.29, 1.82) is 0 Å². The van der Waals surface area contributed by atoms with E-state index in [1.807, 2.05) is 30.5 Å². The molecule has 2 aromatic rings. The summed E-state index contributed by atoms with van der Waals surface area (Å²) in [6, 6.07) is 14.6. The van der Waals surface area contributed by atoms with E-state index >= 15 is 0 Å². The minimum Gasteiger partial charge on any atom is -0.462 e. The summed E-state index contributed by atoms with van der Waals surface area (Å²) in [4.78, 5) is 24.8. The van der Waals surface area contributed by atoms with Gasteiger partial charge in [-0.1, -0.05) is 12.1 Å². The first kappa shape index (κ1) is 17.1. The fraction of sp³-hybridized carbons (Fsp3) is 0.222. The molecule has 2 aromatic carbocycles. The molecule has 1 N–H and O–H groups in total. The van der Waals surface area contributed by atoms with E-state index < -0.39 is 0 Å². The van der Waals surface area contributed by atoms with Gasteiger partial charge in [-0.2, -0.15) is 0 Å². The van der Waals surface area contributed by atoms with Crippen LogP contribution in [-0.2, 0) is 16.0 Å². The zero-order valence-corrected chi connectivity index (χ0v) is 14.0. The minimum atomic E-state index is -0.362. The number of thioether (sulfide) groups is 1. The number of amides is 1. The first-order valence-corrected chi connectivity index (χ1v) is 8.55. The molecule has 0 aliphatic heterocycles. The third kappa shape index (κ3) is 5.14. The standard InChI is InChI=1S/C18H19NO3S/c1-3-22-18(21)14-6-8-15(9-7-14)19-17(20)12-13-4-10-16(23-2)11-5-13/h4-11H,3,12H2,1-2H3,(H,19,20). The van der Waals surface area contributed by atoms with Crippen LogP contribution in [0, 0.1) is 0 Å². The molecule has 0 bridgehead atoms. The molecule has 0 aromatic heterocycles. The lowest BCUT2D eigenvalue weighted by molar-refractivity contribution is -0.115. The number of ether oxygens (including phenoxy) is 1. The molecule has 0 aliphatic rings. The van der Waals surface area contributed by atoms with Crippen LogP contribution in [0.4, 0.5) is 5.69 Å². The minimum absolute atomic E-state index is 0.0919. The van der Waals surface area contributed by atoms with Gasteiger partial charge >= 0.3 is 5.97 Å². The molecule has 2 rings (SSSR count). The topological polar surface area (TPSA) is 55.4 Å². The van der Waals surface area contributed by atoms with Crippen molar-refractivity contribution in [3.05, 3.63) is 59.7 Å². The summed E-state index contributed by atoms with van der Waals surface area (Å²) in [5.41, 5.74) is 2.09. The maximum atomic E-state index is 12.0. The van der Waals surface area contributed by atoms with Crippen LogP contribution in [0.15, 0.2) is 53.4 Å². The molecule has 0 saturated heterocycles. The fourth-order valence-electron chi connectivity index (χ4n) is 2.04. The molecule has 120 valence electrons. The maximum Gasteiger partial charge on any atom is 0.338 e. The summed E-state index contributed by atoms with van der Waals surface area (Å²) in [5.74, 6) is -0.454. The summed E-state index contributed by atoms with van der Waals surface area (Å²) in [6.07, 6.45) is 2.33. The Kier molecular flexibility index (Phi) is 6.23. The average Bonchev–Trinajstić information content (AvgIpc) is 2.56. The predicted octanol–water partition coefficient (Wildman–Crippen LogP) is 3.77. The number of nitrogens with one attached hydrogen (secondary N) is 1. The first-order chi connectivity index (χ1) is 11.1. The molecule has 5 heteroatoms. The Hall–Kier alpha value is -2.27. The third-order valence-corrected chi connectivity index (χ3v) is 3.95. The van der Waals surface area contributed by atoms with Crippen LogP contribution in [-0.4, -0.2) is 24.7 Å². The highest BCUT2D eigenvalue weighted by Gasteiger charge is 2.08. The van der Waals surface area contributed by atoms with Crippen LogP contribution in [0.5, 0.6) is 0 Å². The highest BCUT2D eigenvalue weighted by molar-refractivity contribution is 7.98. The molecule has 0 unspecified atom stereocenters. The highest BCUT2D eigenvalue weighted by Crippen LogP contribution is 2.16. The Morgan fingerprint density at radius 2 is 1.70 bits per heavy atom. The number of carbonyl (C=O) groups excluding carboxylic acids is 2. The Morgan fingerprint density at radius 1 is 1.04 bits per heavy atom. The summed E-state index contributed by atoms with van der Waals surface area (Å²) in [5, 5.41) is 2.82. The average molecular weight is 329 g/mol. The molecule has 0 aliphatic carbocycles. The van der Waals surface area contributed by atoms with E-state index in [9.17, 15) is 9.59 Å². The van der Waals surface area contributed by atoms with Crippen molar-refractivity contribution in [1.82, 2.24) is 0 Å². The van der Waals surface area contributed by atoms with Crippen molar-refractivity contribution in [3.63, 3.8) is 0 Å². The van der Waals surface area contributed by atoms with Gasteiger partial charge in [0.15, 0.2) is 0 Å². The Morgan fingerprint density at radius 3 is 2.26 bits per heavy atom. The molecule has 0 radical (unpaired) electrons. The van der Waals surface area contributed by atoms with Gasteiger partial charge in [0.1, 0.15) is 0 Å². The van der Waals surface area contributed by atoms with E-state index in [-0.39, 0.29) is 11.9 Å². The smallest absolute Gasteiger partial charge is 0.338 e. The molecular weight excluding hydrogens is 310 g/mol. The molecule has 0 fully saturated rings. The normalized spacial score (nSPS) is 10.2. The zero-order chi connectivity index (χ0) is 16.7. The van der Waals surface area contributed by atoms with Gasteiger partial charge in [-0.3, -0.25) is 4.79 Å². The van der Waals surface area contributed by atoms with Crippen molar-refractivity contribution in [2.45, 2.75) is 18.2 Å². The Labute approximate surface area is 140 Å². The van der Waals surface area contributed by atoms with Gasteiger partial charge in [0, 0.05) is 10.6 Å². The number of benzene rings is 2. The van der Waals surface area contributed by atoms with E-state index in [2.05, 4.69) is 5.32 Å². The summed E-state index contributed by atoms with van der Waals surface area (Å²) in [6.45, 7) is 2.10. The summed E-state index contributed by atoms with van der Waals surface area (Å²) in [7, 11) is 0. The van der Waals surface area contributed by atoms with Crippen LogP contribution in [0.3, 0.4) is 0 Å². The second kappa shape index (κ2) is 8.39. The van der Waals surface area contributed by atoms with Crippen molar-refractivity contribution >= 4 is 29.3 Å². The lowest BCUT2D eigenvalue weighted by Crippen LogP contribution is -2.14. The van der Waals surface area contributed by atoms with Crippen molar-refractivity contribution in [2.24, 2.45) is 0 Å². The van der Waals surface area contributed by atoms with E-state index in [4.69, 9.17) is 4.74 Å². The lowest BCUT2D eigenvalue weighted by atomic mass is 10.1. The second-order valence-corrected chi connectivity index (χ2v) is 5.75. The third-order valence-electron chi connectivity index (χ3n) is 3.20. The number of hydrogen-bond acceptors (Lipinski definition) is 4. The number of rotatable bonds is 6. The number of anilines is 1. The molecule has 1 amide bonds. The predicted molar refractivity (Wildman–Crippen MR) is 93.0 cm³/mol. The van der Waals surface area contributed by atoms with Gasteiger partial charge in [0.2, 0.25) is 5.91 Å². The number of esters is 1. The van der Waals surface area contributed by atoms with Crippen LogP contribution < -0.4 is 5.32 Å². The van der Waals surface area contributed by atoms with Gasteiger partial charge in [0.25, 0.3) is 0 Å². The lowest BCUT2D eigenvalue weighted by Gasteiger charge is -2.07. The molecule has 0 saturated carbocycles. The van der Waals surface area contributed by atoms with Crippen molar-refractivity contribution in [2.75, 3.05) is 18.2 Å². The van der Waals surface area contributed by atoms with E-state index in [1.54, 1.807) is 43.0 Å². The molecular formula is C18H19NO3S. The zero-order valence-electron chi connectivity index (χ0n) is 13.2. The van der Waals surface area contributed by atoms with Gasteiger partial charge in [-0.15, -0.1) is 11.8 Å². The highest BCUT2D eigenvalue weighted by atomic mass is 32.2. The second-order valence-electron chi connectivity index (χ2n) is 4.87. The van der Waals surface area contributed by atoms with Gasteiger partial charge < -0.3 is 10.1 Å². The quantitative estimate of drug-likeness (QED) is 0.647. The molecule has 0 atom stereocenters. The molecule has 4 nitrogen and oxygen atoms in total. The van der Waals surface area contributed by atoms with Gasteiger partial charge in [-0.05, 0) is 55.1 Å². The van der Waals surface area contributed by atoms with Crippen LogP contribution >= 0.6 is 11.8 Å². The molecule has 23 heavy (non-hydrogen) atoms. The SMILES string of the molecule is CCOC(=O)c1ccc(NC(=O)Cc2ccc(SC)cc2)cc1. The Bertz CT molecular complexity index is 666. The van der Waals surface area contributed by atoms with Crippen LogP contribution in [0.2, 0.25) is 0 Å². The summed E-state index contributed by atoms with van der Waals surface area (Å²) >= 11 is 1.67. The summed E-state index contributed by atoms with van der Waals surface area (Å²) < 4.78 is 4.92. The van der Waals surface area contributed by atoms with Gasteiger partial charge in [-0.25, -0.2) is 4.79 Å². The van der Waals surface area contributed by atoms with E-state index in [0.717, 1.165) is 5.56 Å². The molecule has 0 spiro atoms. The largest absolute Gasteiger partial charge is 0.462 e. The first-order valence-electron chi connectivity index (χ1n) is 7.32. The van der Waals surface area contributed by atoms with Crippen molar-refractivity contribution in [3.8, 4) is 0 Å². The maximum absolute atomic E-state index is 12.0. The number of carbonyl (C=O) groups is 2. The fourth-order valence-corrected chi connectivity index (χ4v) is 2.45. The molecule has 0 heterocycles. The van der Waals surface area contributed by atoms with Crippen molar-refractivity contribution < 1.29 is 14.3 Å². The van der Waals surface area contributed by atoms with Crippen LogP contribution in [0.25, 0.3) is 0 Å². The van der Waals surface area contributed by atoms with E-state index in [0.29, 0.717) is 24.3 Å². The van der Waals surface area contributed by atoms with Crippen LogP contribution in [0.1, 0.15) is 22.8 Å². The van der Waals surface area contributed by atoms with E-state index in [1.165, 1.54) is 4.90 Å². The monoisotopic (exact) mass is 329 g/mol. The Balaban J connectivity index is 1.93. The number of hydrogen-bond donors (Lipinski definition) is 1. The van der Waals surface area contributed by atoms with Gasteiger partial charge in [0.05, 0.1) is 18.6 Å².